The molecule has 0 radical (unpaired) electrons. The summed E-state index contributed by atoms with van der Waals surface area (Å²) in [6.07, 6.45) is 0.240. The highest BCUT2D eigenvalue weighted by Crippen LogP contribution is 2.07. The minimum Gasteiger partial charge on any atom is -0.490 e. The number of carbonyl (C=O) groups is 2. The second kappa shape index (κ2) is 8.11. The van der Waals surface area contributed by atoms with Crippen LogP contribution >= 0.6 is 0 Å². The first-order valence-electron chi connectivity index (χ1n) is 5.71. The third-order valence-electron chi connectivity index (χ3n) is 2.00. The summed E-state index contributed by atoms with van der Waals surface area (Å²) >= 11 is 0. The molecule has 0 aliphatic carbocycles. The molecule has 0 N–H and O–H groups in total. The Morgan fingerprint density at radius 3 is 2.39 bits per heavy atom. The Hall–Kier alpha value is -2.04. The van der Waals surface area contributed by atoms with Crippen molar-refractivity contribution in [1.82, 2.24) is 0 Å². The highest BCUT2D eigenvalue weighted by molar-refractivity contribution is 5.76. The molecule has 1 rings (SSSR count). The summed E-state index contributed by atoms with van der Waals surface area (Å²) in [5.41, 5.74) is 0. The molecule has 98 valence electrons. The van der Waals surface area contributed by atoms with Crippen molar-refractivity contribution >= 4 is 11.9 Å². The second-order valence-corrected chi connectivity index (χ2v) is 3.40. The van der Waals surface area contributed by atoms with Crippen molar-refractivity contribution in [2.75, 3.05) is 19.8 Å². The van der Waals surface area contributed by atoms with Crippen molar-refractivity contribution in [3.05, 3.63) is 30.3 Å². The minimum atomic E-state index is -0.575. The zero-order chi connectivity index (χ0) is 13.2. The predicted octanol–water partition coefficient (Wildman–Crippen LogP) is 1.56. The van der Waals surface area contributed by atoms with E-state index in [1.807, 2.05) is 30.3 Å². The van der Waals surface area contributed by atoms with E-state index < -0.39 is 11.9 Å². The van der Waals surface area contributed by atoms with Crippen molar-refractivity contribution in [2.45, 2.75) is 13.3 Å². The molecule has 0 spiro atoms. The summed E-state index contributed by atoms with van der Waals surface area (Å²) in [6.45, 7) is 1.69. The van der Waals surface area contributed by atoms with Gasteiger partial charge in [0.25, 0.3) is 0 Å². The molecule has 0 saturated carbocycles. The van der Waals surface area contributed by atoms with E-state index in [2.05, 4.69) is 4.74 Å². The number of para-hydroxylation sites is 1. The first-order valence-corrected chi connectivity index (χ1v) is 5.71. The van der Waals surface area contributed by atoms with Crippen molar-refractivity contribution in [3.8, 4) is 5.75 Å². The molecule has 1 aromatic carbocycles. The fourth-order valence-electron chi connectivity index (χ4n) is 1.11. The van der Waals surface area contributed by atoms with Crippen LogP contribution in [-0.4, -0.2) is 31.8 Å². The molecular weight excluding hydrogens is 236 g/mol. The lowest BCUT2D eigenvalue weighted by atomic mass is 10.3. The van der Waals surface area contributed by atoms with E-state index in [4.69, 9.17) is 9.47 Å². The number of benzene rings is 1. The standard InChI is InChI=1S/C13H16O5/c1-2-12(14)18-10-13(15)17-9-8-16-11-6-4-3-5-7-11/h3-7H,2,8-10H2,1H3. The first-order chi connectivity index (χ1) is 8.72. The fourth-order valence-corrected chi connectivity index (χ4v) is 1.11. The van der Waals surface area contributed by atoms with Gasteiger partial charge in [-0.1, -0.05) is 25.1 Å². The third-order valence-corrected chi connectivity index (χ3v) is 2.00. The molecule has 0 bridgehead atoms. The van der Waals surface area contributed by atoms with Gasteiger partial charge in [-0.15, -0.1) is 0 Å². The molecule has 0 fully saturated rings. The van der Waals surface area contributed by atoms with Crippen LogP contribution < -0.4 is 4.74 Å². The second-order valence-electron chi connectivity index (χ2n) is 3.40. The largest absolute Gasteiger partial charge is 0.490 e. The van der Waals surface area contributed by atoms with Crippen LogP contribution in [0.15, 0.2) is 30.3 Å². The zero-order valence-electron chi connectivity index (χ0n) is 10.3. The monoisotopic (exact) mass is 252 g/mol. The summed E-state index contributed by atoms with van der Waals surface area (Å²) in [5, 5.41) is 0. The maximum absolute atomic E-state index is 11.1. The Morgan fingerprint density at radius 2 is 1.72 bits per heavy atom. The fraction of sp³-hybridized carbons (Fsp3) is 0.385. The van der Waals surface area contributed by atoms with Gasteiger partial charge in [0.1, 0.15) is 19.0 Å². The van der Waals surface area contributed by atoms with Gasteiger partial charge in [-0.2, -0.15) is 0 Å². The number of esters is 2. The van der Waals surface area contributed by atoms with Crippen LogP contribution in [0, 0.1) is 0 Å². The first kappa shape index (κ1) is 14.0. The molecule has 0 atom stereocenters. The SMILES string of the molecule is CCC(=O)OCC(=O)OCCOc1ccccc1. The van der Waals surface area contributed by atoms with E-state index in [1.165, 1.54) is 0 Å². The van der Waals surface area contributed by atoms with Gasteiger partial charge in [0.2, 0.25) is 0 Å². The highest BCUT2D eigenvalue weighted by atomic mass is 16.6. The smallest absolute Gasteiger partial charge is 0.344 e. The van der Waals surface area contributed by atoms with Crippen molar-refractivity contribution in [2.24, 2.45) is 0 Å². The van der Waals surface area contributed by atoms with Crippen molar-refractivity contribution in [1.29, 1.82) is 0 Å². The molecular formula is C13H16O5. The van der Waals surface area contributed by atoms with E-state index in [0.717, 1.165) is 0 Å². The van der Waals surface area contributed by atoms with Crippen molar-refractivity contribution < 1.29 is 23.8 Å². The molecule has 5 heteroatoms. The van der Waals surface area contributed by atoms with Crippen LogP contribution in [0.25, 0.3) is 0 Å². The zero-order valence-corrected chi connectivity index (χ0v) is 10.3. The maximum atomic E-state index is 11.1. The van der Waals surface area contributed by atoms with Gasteiger partial charge in [0, 0.05) is 6.42 Å². The number of hydrogen-bond donors (Lipinski definition) is 0. The van der Waals surface area contributed by atoms with Crippen LogP contribution in [0.5, 0.6) is 5.75 Å². The molecule has 0 unspecified atom stereocenters. The molecule has 18 heavy (non-hydrogen) atoms. The molecule has 0 aliphatic heterocycles. The Balaban J connectivity index is 2.07. The van der Waals surface area contributed by atoms with Gasteiger partial charge in [-0.3, -0.25) is 4.79 Å². The highest BCUT2D eigenvalue weighted by Gasteiger charge is 2.06. The minimum absolute atomic E-state index is 0.122. The molecule has 0 aromatic heterocycles. The Labute approximate surface area is 106 Å². The Morgan fingerprint density at radius 1 is 1.00 bits per heavy atom. The quantitative estimate of drug-likeness (QED) is 0.544. The molecule has 0 aliphatic rings. The maximum Gasteiger partial charge on any atom is 0.344 e. The average molecular weight is 252 g/mol. The van der Waals surface area contributed by atoms with E-state index in [1.54, 1.807) is 6.92 Å². The number of carbonyl (C=O) groups excluding carboxylic acids is 2. The van der Waals surface area contributed by atoms with Gasteiger partial charge in [0.15, 0.2) is 6.61 Å². The van der Waals surface area contributed by atoms with Gasteiger partial charge in [0.05, 0.1) is 0 Å². The summed E-state index contributed by atoms with van der Waals surface area (Å²) in [5.74, 6) is -0.285. The topological polar surface area (TPSA) is 61.8 Å². The van der Waals surface area contributed by atoms with Crippen LogP contribution in [0.2, 0.25) is 0 Å². The van der Waals surface area contributed by atoms with Gasteiger partial charge in [-0.25, -0.2) is 4.79 Å². The van der Waals surface area contributed by atoms with Crippen LogP contribution in [-0.2, 0) is 19.1 Å². The van der Waals surface area contributed by atoms with E-state index in [0.29, 0.717) is 5.75 Å². The Bertz CT molecular complexity index is 374. The van der Waals surface area contributed by atoms with Gasteiger partial charge in [-0.05, 0) is 12.1 Å². The summed E-state index contributed by atoms with van der Waals surface area (Å²) in [7, 11) is 0. The molecule has 1 aromatic rings. The number of rotatable bonds is 7. The lowest BCUT2D eigenvalue weighted by Crippen LogP contribution is -2.18. The van der Waals surface area contributed by atoms with E-state index in [-0.39, 0.29) is 26.2 Å². The van der Waals surface area contributed by atoms with Gasteiger partial charge >= 0.3 is 11.9 Å². The van der Waals surface area contributed by atoms with Crippen LogP contribution in [0.1, 0.15) is 13.3 Å². The molecule has 5 nitrogen and oxygen atoms in total. The predicted molar refractivity (Wildman–Crippen MR) is 64.1 cm³/mol. The summed E-state index contributed by atoms with van der Waals surface area (Å²) in [6, 6.07) is 9.21. The average Bonchev–Trinajstić information content (AvgIpc) is 2.42. The van der Waals surface area contributed by atoms with Crippen molar-refractivity contribution in [3.63, 3.8) is 0 Å². The summed E-state index contributed by atoms with van der Waals surface area (Å²) < 4.78 is 14.7. The Kier molecular flexibility index (Phi) is 6.32. The number of hydrogen-bond acceptors (Lipinski definition) is 5. The lowest BCUT2D eigenvalue weighted by Gasteiger charge is -2.07. The van der Waals surface area contributed by atoms with Crippen LogP contribution in [0.3, 0.4) is 0 Å². The molecule has 0 amide bonds. The van der Waals surface area contributed by atoms with E-state index >= 15 is 0 Å². The lowest BCUT2D eigenvalue weighted by molar-refractivity contribution is -0.159. The molecule has 0 saturated heterocycles. The molecule has 0 heterocycles. The van der Waals surface area contributed by atoms with Gasteiger partial charge < -0.3 is 14.2 Å². The summed E-state index contributed by atoms with van der Waals surface area (Å²) in [4.78, 5) is 21.9. The van der Waals surface area contributed by atoms with Crippen LogP contribution in [0.4, 0.5) is 0 Å². The number of ether oxygens (including phenoxy) is 3. The van der Waals surface area contributed by atoms with E-state index in [9.17, 15) is 9.59 Å². The normalized spacial score (nSPS) is 9.61. The third kappa shape index (κ3) is 5.89.